The lowest BCUT2D eigenvalue weighted by Crippen LogP contribution is -2.36. The zero-order valence-corrected chi connectivity index (χ0v) is 23.9. The van der Waals surface area contributed by atoms with Gasteiger partial charge in [-0.05, 0) is 94.0 Å². The molecule has 11 heteroatoms. The van der Waals surface area contributed by atoms with E-state index in [2.05, 4.69) is 43.8 Å². The van der Waals surface area contributed by atoms with Crippen molar-refractivity contribution < 1.29 is 28.2 Å². The Labute approximate surface area is 238 Å². The molecule has 3 aromatic carbocycles. The average Bonchev–Trinajstić information content (AvgIpc) is 3.11. The van der Waals surface area contributed by atoms with Crippen molar-refractivity contribution in [3.8, 4) is 11.5 Å². The monoisotopic (exact) mass is 696 g/mol. The molecule has 0 bridgehead atoms. The number of hydrogen-bond donors (Lipinski definition) is 1. The van der Waals surface area contributed by atoms with Crippen LogP contribution in [0.25, 0.3) is 6.08 Å². The van der Waals surface area contributed by atoms with Crippen molar-refractivity contribution in [2.24, 2.45) is 0 Å². The molecule has 1 saturated heterocycles. The molecule has 1 N–H and O–H groups in total. The molecule has 0 unspecified atom stereocenters. The van der Waals surface area contributed by atoms with Crippen LogP contribution in [-0.2, 0) is 16.2 Å². The number of amides is 3. The lowest BCUT2D eigenvalue weighted by atomic mass is 10.1. The fraction of sp³-hybridized carbons (Fsp3) is 0.115. The molecule has 4 rings (SSSR count). The van der Waals surface area contributed by atoms with Gasteiger partial charge in [0.15, 0.2) is 11.5 Å². The highest BCUT2D eigenvalue weighted by atomic mass is 127. The summed E-state index contributed by atoms with van der Waals surface area (Å²) in [6, 6.07) is 16.6. The number of carbonyl (C=O) groups is 3. The number of imide groups is 1. The first-order chi connectivity index (χ1) is 17.7. The number of ether oxygens (including phenoxy) is 2. The summed E-state index contributed by atoms with van der Waals surface area (Å²) in [6.45, 7) is -0.141. The Morgan fingerprint density at radius 2 is 1.92 bits per heavy atom. The molecule has 7 nitrogen and oxygen atoms in total. The van der Waals surface area contributed by atoms with E-state index in [-0.39, 0.29) is 10.6 Å². The minimum atomic E-state index is -0.613. The summed E-state index contributed by atoms with van der Waals surface area (Å²) < 4.78 is 26.6. The van der Waals surface area contributed by atoms with Crippen LogP contribution in [0.3, 0.4) is 0 Å². The third-order valence-corrected chi connectivity index (χ3v) is 7.37. The first kappa shape index (κ1) is 27.1. The van der Waals surface area contributed by atoms with Crippen molar-refractivity contribution in [1.82, 2.24) is 4.90 Å². The second-order valence-corrected chi connectivity index (χ2v) is 10.8. The lowest BCUT2D eigenvalue weighted by molar-refractivity contribution is -0.127. The summed E-state index contributed by atoms with van der Waals surface area (Å²) in [5.41, 5.74) is 1.85. The van der Waals surface area contributed by atoms with Crippen molar-refractivity contribution in [2.75, 3.05) is 19.0 Å². The van der Waals surface area contributed by atoms with Crippen LogP contribution >= 0.6 is 50.3 Å². The highest BCUT2D eigenvalue weighted by molar-refractivity contribution is 14.1. The van der Waals surface area contributed by atoms with E-state index in [1.165, 1.54) is 25.3 Å². The van der Waals surface area contributed by atoms with Gasteiger partial charge in [-0.2, -0.15) is 0 Å². The van der Waals surface area contributed by atoms with Gasteiger partial charge in [0, 0.05) is 10.2 Å². The van der Waals surface area contributed by atoms with E-state index in [9.17, 15) is 18.8 Å². The van der Waals surface area contributed by atoms with Crippen molar-refractivity contribution >= 4 is 79.1 Å². The molecular weight excluding hydrogens is 678 g/mol. The molecule has 3 aromatic rings. The Bertz CT molecular complexity index is 1400. The van der Waals surface area contributed by atoms with E-state index in [1.807, 2.05) is 30.3 Å². The van der Waals surface area contributed by atoms with E-state index >= 15 is 0 Å². The van der Waals surface area contributed by atoms with Crippen LogP contribution in [0.2, 0.25) is 0 Å². The topological polar surface area (TPSA) is 84.9 Å². The summed E-state index contributed by atoms with van der Waals surface area (Å²) in [6.07, 6.45) is 1.57. The standard InChI is InChI=1S/C26H19BrFIN2O5S/c1-35-21-10-16(9-20(29)24(21)36-14-15-5-7-17(27)8-6-15)11-22-25(33)31(26(34)37-22)13-23(32)30-19-4-2-3-18(28)12-19/h2-12H,13-14H2,1H3,(H,30,32)/b22-11+. The predicted molar refractivity (Wildman–Crippen MR) is 152 cm³/mol. The fourth-order valence-corrected chi connectivity index (χ4v) is 5.28. The second-order valence-electron chi connectivity index (χ2n) is 7.78. The van der Waals surface area contributed by atoms with Crippen molar-refractivity contribution in [3.05, 3.63) is 90.6 Å². The maximum Gasteiger partial charge on any atom is 0.294 e. The van der Waals surface area contributed by atoms with Crippen LogP contribution in [0.15, 0.2) is 70.0 Å². The number of methoxy groups -OCH3 is 1. The molecular formula is C26H19BrFIN2O5S. The van der Waals surface area contributed by atoms with Crippen molar-refractivity contribution in [3.63, 3.8) is 0 Å². The van der Waals surface area contributed by atoms with Crippen LogP contribution in [0.5, 0.6) is 11.5 Å². The molecule has 0 atom stereocenters. The second kappa shape index (κ2) is 12.1. The number of thioether (sulfide) groups is 1. The molecule has 0 saturated carbocycles. The molecule has 190 valence electrons. The van der Waals surface area contributed by atoms with Crippen molar-refractivity contribution in [1.29, 1.82) is 0 Å². The van der Waals surface area contributed by atoms with Gasteiger partial charge >= 0.3 is 0 Å². The minimum Gasteiger partial charge on any atom is -0.493 e. The molecule has 0 radical (unpaired) electrons. The number of nitrogens with zero attached hydrogens (tertiary/aromatic N) is 1. The molecule has 0 aliphatic carbocycles. The quantitative estimate of drug-likeness (QED) is 0.215. The lowest BCUT2D eigenvalue weighted by Gasteiger charge is -2.14. The average molecular weight is 697 g/mol. The number of anilines is 1. The summed E-state index contributed by atoms with van der Waals surface area (Å²) >= 11 is 6.27. The van der Waals surface area contributed by atoms with Gasteiger partial charge < -0.3 is 14.8 Å². The first-order valence-electron chi connectivity index (χ1n) is 10.8. The van der Waals surface area contributed by atoms with Gasteiger partial charge in [-0.25, -0.2) is 4.39 Å². The summed E-state index contributed by atoms with van der Waals surface area (Å²) in [4.78, 5) is 38.7. The van der Waals surface area contributed by atoms with Gasteiger partial charge in [-0.1, -0.05) is 34.1 Å². The fourth-order valence-electron chi connectivity index (χ4n) is 3.40. The molecule has 1 fully saturated rings. The van der Waals surface area contributed by atoms with E-state index in [0.29, 0.717) is 23.7 Å². The summed E-state index contributed by atoms with van der Waals surface area (Å²) in [7, 11) is 1.52. The zero-order chi connectivity index (χ0) is 26.5. The van der Waals surface area contributed by atoms with Gasteiger partial charge in [-0.15, -0.1) is 0 Å². The van der Waals surface area contributed by atoms with Gasteiger partial charge in [0.05, 0.1) is 15.6 Å². The zero-order valence-electron chi connectivity index (χ0n) is 19.3. The maximum atomic E-state index is 13.3. The number of nitrogens with one attached hydrogen (secondary N) is 1. The van der Waals surface area contributed by atoms with Crippen LogP contribution in [0, 0.1) is 9.39 Å². The Hall–Kier alpha value is -2.90. The summed E-state index contributed by atoms with van der Waals surface area (Å²) in [5, 5.41) is 1.92. The van der Waals surface area contributed by atoms with Crippen LogP contribution < -0.4 is 14.8 Å². The third kappa shape index (κ3) is 6.90. The van der Waals surface area contributed by atoms with Gasteiger partial charge in [0.25, 0.3) is 11.1 Å². The van der Waals surface area contributed by atoms with Crippen LogP contribution in [0.1, 0.15) is 11.1 Å². The highest BCUT2D eigenvalue weighted by Crippen LogP contribution is 2.37. The van der Waals surface area contributed by atoms with Gasteiger partial charge in [0.2, 0.25) is 5.91 Å². The van der Waals surface area contributed by atoms with E-state index in [4.69, 9.17) is 9.47 Å². The third-order valence-electron chi connectivity index (χ3n) is 5.13. The first-order valence-corrected chi connectivity index (χ1v) is 13.5. The van der Waals surface area contributed by atoms with Gasteiger partial charge in [-0.3, -0.25) is 19.3 Å². The van der Waals surface area contributed by atoms with E-state index in [1.54, 1.807) is 12.1 Å². The van der Waals surface area contributed by atoms with E-state index in [0.717, 1.165) is 36.3 Å². The van der Waals surface area contributed by atoms with Crippen LogP contribution in [-0.4, -0.2) is 35.6 Å². The molecule has 1 aliphatic rings. The largest absolute Gasteiger partial charge is 0.493 e. The molecule has 37 heavy (non-hydrogen) atoms. The van der Waals surface area contributed by atoms with Gasteiger partial charge in [0.1, 0.15) is 19.0 Å². The number of hydrogen-bond acceptors (Lipinski definition) is 6. The number of halogens is 3. The number of benzene rings is 3. The Morgan fingerprint density at radius 1 is 1.16 bits per heavy atom. The number of carbonyl (C=O) groups excluding carboxylic acids is 3. The molecule has 3 amide bonds. The summed E-state index contributed by atoms with van der Waals surface area (Å²) in [5.74, 6) is -0.678. The Balaban J connectivity index is 1.46. The molecule has 0 spiro atoms. The molecule has 0 aromatic heterocycles. The Morgan fingerprint density at radius 3 is 2.62 bits per heavy atom. The highest BCUT2D eigenvalue weighted by Gasteiger charge is 2.36. The van der Waals surface area contributed by atoms with Crippen LogP contribution in [0.4, 0.5) is 14.9 Å². The molecule has 1 heterocycles. The van der Waals surface area contributed by atoms with E-state index < -0.39 is 29.4 Å². The SMILES string of the molecule is COc1cc(/C=C2/SC(=O)N(CC(=O)Nc3cccc(F)c3)C2=O)cc(I)c1OCc1ccc(Br)cc1. The van der Waals surface area contributed by atoms with Crippen molar-refractivity contribution in [2.45, 2.75) is 6.61 Å². The smallest absolute Gasteiger partial charge is 0.294 e. The minimum absolute atomic E-state index is 0.171. The Kier molecular flexibility index (Phi) is 8.87. The molecule has 1 aliphatic heterocycles. The maximum absolute atomic E-state index is 13.3. The number of rotatable bonds is 8. The predicted octanol–water partition coefficient (Wildman–Crippen LogP) is 6.46. The normalized spacial score (nSPS) is 14.3.